The topological polar surface area (TPSA) is 87.8 Å². The quantitative estimate of drug-likeness (QED) is 0.258. The lowest BCUT2D eigenvalue weighted by Gasteiger charge is -2.62. The molecular formula is C31H57N3O3. The summed E-state index contributed by atoms with van der Waals surface area (Å²) >= 11 is 0. The summed E-state index contributed by atoms with van der Waals surface area (Å²) in [4.78, 5) is 14.0. The van der Waals surface area contributed by atoms with Crippen molar-refractivity contribution in [2.75, 3.05) is 40.3 Å². The van der Waals surface area contributed by atoms with Crippen LogP contribution in [-0.2, 0) is 9.53 Å². The van der Waals surface area contributed by atoms with Gasteiger partial charge in [-0.1, -0.05) is 13.8 Å². The van der Waals surface area contributed by atoms with E-state index in [9.17, 15) is 9.90 Å². The third kappa shape index (κ3) is 6.23. The fourth-order valence-corrected chi connectivity index (χ4v) is 9.71. The van der Waals surface area contributed by atoms with E-state index in [1.165, 1.54) is 58.5 Å². The lowest BCUT2D eigenvalue weighted by Crippen LogP contribution is -2.59. The summed E-state index contributed by atoms with van der Waals surface area (Å²) in [5.74, 6) is 3.04. The van der Waals surface area contributed by atoms with Gasteiger partial charge in [0.15, 0.2) is 0 Å². The number of methoxy groups -OCH3 is 1. The summed E-state index contributed by atoms with van der Waals surface area (Å²) in [5, 5.41) is 15.5. The van der Waals surface area contributed by atoms with Gasteiger partial charge in [-0.25, -0.2) is 0 Å². The van der Waals surface area contributed by atoms with Crippen molar-refractivity contribution < 1.29 is 14.6 Å². The first-order valence-electron chi connectivity index (χ1n) is 15.6. The Morgan fingerprint density at radius 1 is 1.03 bits per heavy atom. The normalized spacial score (nSPS) is 41.2. The van der Waals surface area contributed by atoms with Crippen molar-refractivity contribution in [1.82, 2.24) is 10.2 Å². The summed E-state index contributed by atoms with van der Waals surface area (Å²) in [5.41, 5.74) is 6.36. The Labute approximate surface area is 226 Å². The van der Waals surface area contributed by atoms with Crippen LogP contribution in [0.2, 0.25) is 0 Å². The van der Waals surface area contributed by atoms with Gasteiger partial charge in [0.2, 0.25) is 0 Å². The summed E-state index contributed by atoms with van der Waals surface area (Å²) in [6, 6.07) is 0.607. The van der Waals surface area contributed by atoms with Crippen LogP contribution in [0.15, 0.2) is 0 Å². The van der Waals surface area contributed by atoms with Gasteiger partial charge in [-0.2, -0.15) is 0 Å². The molecule has 0 bridgehead atoms. The Morgan fingerprint density at radius 3 is 2.51 bits per heavy atom. The molecule has 4 N–H and O–H groups in total. The van der Waals surface area contributed by atoms with E-state index in [4.69, 9.17) is 10.5 Å². The van der Waals surface area contributed by atoms with Crippen LogP contribution in [0.4, 0.5) is 0 Å². The standard InChI is InChI=1S/C31H57N3O3/c1-30-15-13-26-29(25(30)11-10-22(30)8-5-9-28(36)37-4)27(35)21-23-20-24(12-14-31(23,26)2)33-17-7-19-34(3)18-6-16-32/h22-27,29,33,35H,5-21,32H2,1-4H3. The Balaban J connectivity index is 1.31. The van der Waals surface area contributed by atoms with E-state index in [-0.39, 0.29) is 12.1 Å². The van der Waals surface area contributed by atoms with Gasteiger partial charge in [-0.05, 0) is 151 Å². The van der Waals surface area contributed by atoms with Crippen molar-refractivity contribution in [3.63, 3.8) is 0 Å². The van der Waals surface area contributed by atoms with E-state index in [0.717, 1.165) is 51.9 Å². The van der Waals surface area contributed by atoms with Crippen molar-refractivity contribution >= 4 is 5.97 Å². The monoisotopic (exact) mass is 519 g/mol. The molecule has 37 heavy (non-hydrogen) atoms. The zero-order chi connectivity index (χ0) is 26.6. The van der Waals surface area contributed by atoms with Crippen molar-refractivity contribution in [1.29, 1.82) is 0 Å². The first kappa shape index (κ1) is 29.3. The molecule has 0 heterocycles. The molecule has 6 nitrogen and oxygen atoms in total. The highest BCUT2D eigenvalue weighted by molar-refractivity contribution is 5.68. The van der Waals surface area contributed by atoms with Gasteiger partial charge < -0.3 is 25.8 Å². The van der Waals surface area contributed by atoms with Gasteiger partial charge in [0.25, 0.3) is 0 Å². The molecule has 0 saturated heterocycles. The molecule has 0 aromatic heterocycles. The number of fused-ring (bicyclic) bond motifs is 5. The molecule has 4 rings (SSSR count). The van der Waals surface area contributed by atoms with Gasteiger partial charge in [0.1, 0.15) is 0 Å². The molecule has 4 aliphatic carbocycles. The van der Waals surface area contributed by atoms with Crippen molar-refractivity contribution in [2.24, 2.45) is 46.2 Å². The predicted molar refractivity (Wildman–Crippen MR) is 150 cm³/mol. The highest BCUT2D eigenvalue weighted by Crippen LogP contribution is 2.67. The molecule has 214 valence electrons. The maximum atomic E-state index is 11.6. The summed E-state index contributed by atoms with van der Waals surface area (Å²) < 4.78 is 4.87. The third-order valence-electron chi connectivity index (χ3n) is 11.9. The first-order valence-corrected chi connectivity index (χ1v) is 15.6. The van der Waals surface area contributed by atoms with E-state index >= 15 is 0 Å². The van der Waals surface area contributed by atoms with Crippen LogP contribution in [0.1, 0.15) is 97.3 Å². The molecule has 4 fully saturated rings. The average Bonchev–Trinajstić information content (AvgIpc) is 3.22. The molecule has 9 atom stereocenters. The zero-order valence-corrected chi connectivity index (χ0v) is 24.4. The lowest BCUT2D eigenvalue weighted by molar-refractivity contribution is -0.165. The molecule has 0 aromatic carbocycles. The molecule has 0 radical (unpaired) electrons. The number of aliphatic hydroxyl groups is 1. The van der Waals surface area contributed by atoms with Crippen LogP contribution in [0.25, 0.3) is 0 Å². The van der Waals surface area contributed by atoms with Crippen LogP contribution >= 0.6 is 0 Å². The number of esters is 1. The fraction of sp³-hybridized carbons (Fsp3) is 0.968. The number of nitrogens with zero attached hydrogens (tertiary/aromatic N) is 1. The molecule has 4 aliphatic rings. The number of rotatable bonds is 12. The van der Waals surface area contributed by atoms with Gasteiger partial charge in [0.05, 0.1) is 13.2 Å². The Morgan fingerprint density at radius 2 is 1.76 bits per heavy atom. The van der Waals surface area contributed by atoms with Gasteiger partial charge in [-0.3, -0.25) is 4.79 Å². The molecular weight excluding hydrogens is 462 g/mol. The number of ether oxygens (including phenoxy) is 1. The average molecular weight is 520 g/mol. The van der Waals surface area contributed by atoms with Gasteiger partial charge in [-0.15, -0.1) is 0 Å². The van der Waals surface area contributed by atoms with Crippen LogP contribution < -0.4 is 11.1 Å². The van der Waals surface area contributed by atoms with E-state index < -0.39 is 0 Å². The lowest BCUT2D eigenvalue weighted by atomic mass is 9.44. The van der Waals surface area contributed by atoms with Crippen LogP contribution in [0.3, 0.4) is 0 Å². The molecule has 0 amide bonds. The number of carbonyl (C=O) groups excluding carboxylic acids is 1. The van der Waals surface area contributed by atoms with Crippen LogP contribution in [-0.4, -0.2) is 68.5 Å². The zero-order valence-electron chi connectivity index (χ0n) is 24.4. The minimum Gasteiger partial charge on any atom is -0.469 e. The number of hydrogen-bond donors (Lipinski definition) is 3. The van der Waals surface area contributed by atoms with E-state index in [2.05, 4.69) is 31.1 Å². The van der Waals surface area contributed by atoms with E-state index in [1.807, 2.05) is 0 Å². The number of carbonyl (C=O) groups is 1. The smallest absolute Gasteiger partial charge is 0.305 e. The maximum Gasteiger partial charge on any atom is 0.305 e. The second kappa shape index (κ2) is 12.7. The minimum absolute atomic E-state index is 0.0787. The number of aliphatic hydroxyl groups excluding tert-OH is 1. The summed E-state index contributed by atoms with van der Waals surface area (Å²) in [6.07, 6.45) is 14.7. The summed E-state index contributed by atoms with van der Waals surface area (Å²) in [7, 11) is 3.69. The highest BCUT2D eigenvalue weighted by atomic mass is 16.5. The first-order chi connectivity index (χ1) is 17.7. The molecule has 0 aliphatic heterocycles. The molecule has 0 spiro atoms. The minimum atomic E-state index is -0.142. The van der Waals surface area contributed by atoms with Crippen molar-refractivity contribution in [3.8, 4) is 0 Å². The second-order valence-electron chi connectivity index (χ2n) is 13.8. The fourth-order valence-electron chi connectivity index (χ4n) is 9.71. The van der Waals surface area contributed by atoms with E-state index in [1.54, 1.807) is 0 Å². The van der Waals surface area contributed by atoms with Crippen molar-refractivity contribution in [2.45, 2.75) is 109 Å². The molecule has 4 saturated carbocycles. The van der Waals surface area contributed by atoms with Gasteiger partial charge in [0, 0.05) is 12.5 Å². The van der Waals surface area contributed by atoms with Crippen LogP contribution in [0.5, 0.6) is 0 Å². The molecule has 9 unspecified atom stereocenters. The van der Waals surface area contributed by atoms with E-state index in [0.29, 0.717) is 52.9 Å². The predicted octanol–water partition coefficient (Wildman–Crippen LogP) is 4.59. The highest BCUT2D eigenvalue weighted by Gasteiger charge is 2.62. The summed E-state index contributed by atoms with van der Waals surface area (Å²) in [6.45, 7) is 9.21. The Hall–Kier alpha value is -0.690. The second-order valence-corrected chi connectivity index (χ2v) is 13.8. The third-order valence-corrected chi connectivity index (χ3v) is 11.9. The largest absolute Gasteiger partial charge is 0.469 e. The molecule has 6 heteroatoms. The number of nitrogens with two attached hydrogens (primary N) is 1. The van der Waals surface area contributed by atoms with Crippen LogP contribution in [0, 0.1) is 40.4 Å². The van der Waals surface area contributed by atoms with Gasteiger partial charge >= 0.3 is 5.97 Å². The van der Waals surface area contributed by atoms with Crippen molar-refractivity contribution in [3.05, 3.63) is 0 Å². The molecule has 0 aromatic rings. The Kier molecular flexibility index (Phi) is 10.0. The number of nitrogens with one attached hydrogen (secondary N) is 1. The number of hydrogen-bond acceptors (Lipinski definition) is 6. The Bertz CT molecular complexity index is 749. The maximum absolute atomic E-state index is 11.6. The SMILES string of the molecule is COC(=O)CCCC1CCC2C3C(O)CC4CC(NCCCN(C)CCCN)CCC4(C)C3CCC12C.